The SMILES string of the molecule is CCCCCCCCCC(C)=CCCNC. The molecule has 1 N–H and O–H groups in total. The molecule has 0 aromatic carbocycles. The highest BCUT2D eigenvalue weighted by Gasteiger charge is 1.92. The van der Waals surface area contributed by atoms with Gasteiger partial charge in [-0.1, -0.05) is 57.1 Å². The highest BCUT2D eigenvalue weighted by molar-refractivity contribution is 4.97. The average Bonchev–Trinajstić information content (AvgIpc) is 2.28. The summed E-state index contributed by atoms with van der Waals surface area (Å²) in [4.78, 5) is 0. The fourth-order valence-electron chi connectivity index (χ4n) is 1.93. The van der Waals surface area contributed by atoms with Gasteiger partial charge in [-0.25, -0.2) is 0 Å². The van der Waals surface area contributed by atoms with Gasteiger partial charge in [0, 0.05) is 0 Å². The third-order valence-corrected chi connectivity index (χ3v) is 3.06. The summed E-state index contributed by atoms with van der Waals surface area (Å²) in [6.45, 7) is 5.65. The molecule has 0 saturated heterocycles. The summed E-state index contributed by atoms with van der Waals surface area (Å²) in [5.41, 5.74) is 1.57. The maximum Gasteiger partial charge on any atom is -0.00172 e. The normalized spacial score (nSPS) is 12.1. The zero-order valence-corrected chi connectivity index (χ0v) is 11.6. The lowest BCUT2D eigenvalue weighted by Gasteiger charge is -2.02. The first-order valence-corrected chi connectivity index (χ1v) is 7.11. The minimum Gasteiger partial charge on any atom is -0.319 e. The molecule has 0 atom stereocenters. The van der Waals surface area contributed by atoms with E-state index in [4.69, 9.17) is 0 Å². The Morgan fingerprint density at radius 1 is 1.00 bits per heavy atom. The van der Waals surface area contributed by atoms with Crippen molar-refractivity contribution in [1.29, 1.82) is 0 Å². The lowest BCUT2D eigenvalue weighted by atomic mass is 10.0. The van der Waals surface area contributed by atoms with Crippen molar-refractivity contribution in [2.75, 3.05) is 13.6 Å². The first-order chi connectivity index (χ1) is 7.81. The van der Waals surface area contributed by atoms with Crippen molar-refractivity contribution in [3.63, 3.8) is 0 Å². The van der Waals surface area contributed by atoms with E-state index >= 15 is 0 Å². The minimum absolute atomic E-state index is 1.11. The van der Waals surface area contributed by atoms with E-state index in [1.165, 1.54) is 57.8 Å². The summed E-state index contributed by atoms with van der Waals surface area (Å²) in [6.07, 6.45) is 14.8. The fraction of sp³-hybridized carbons (Fsp3) is 0.867. The first kappa shape index (κ1) is 15.7. The van der Waals surface area contributed by atoms with Crippen molar-refractivity contribution in [2.24, 2.45) is 0 Å². The minimum atomic E-state index is 1.11. The number of rotatable bonds is 11. The van der Waals surface area contributed by atoms with Crippen molar-refractivity contribution in [1.82, 2.24) is 5.32 Å². The van der Waals surface area contributed by atoms with Gasteiger partial charge in [0.25, 0.3) is 0 Å². The Hall–Kier alpha value is -0.300. The van der Waals surface area contributed by atoms with Gasteiger partial charge in [0.1, 0.15) is 0 Å². The van der Waals surface area contributed by atoms with E-state index in [9.17, 15) is 0 Å². The molecule has 0 aliphatic carbocycles. The molecule has 16 heavy (non-hydrogen) atoms. The quantitative estimate of drug-likeness (QED) is 0.397. The third-order valence-electron chi connectivity index (χ3n) is 3.06. The summed E-state index contributed by atoms with van der Waals surface area (Å²) in [5, 5.41) is 3.17. The summed E-state index contributed by atoms with van der Waals surface area (Å²) < 4.78 is 0. The smallest absolute Gasteiger partial charge is 0.00172 e. The second-order valence-electron chi connectivity index (χ2n) is 4.81. The predicted molar refractivity (Wildman–Crippen MR) is 74.9 cm³/mol. The molecular formula is C15H31N. The molecule has 1 nitrogen and oxygen atoms in total. The van der Waals surface area contributed by atoms with Crippen LogP contribution >= 0.6 is 0 Å². The van der Waals surface area contributed by atoms with Gasteiger partial charge in [-0.15, -0.1) is 0 Å². The van der Waals surface area contributed by atoms with Gasteiger partial charge >= 0.3 is 0 Å². The van der Waals surface area contributed by atoms with Crippen molar-refractivity contribution in [3.05, 3.63) is 11.6 Å². The third kappa shape index (κ3) is 11.8. The Balaban J connectivity index is 3.20. The van der Waals surface area contributed by atoms with Crippen LogP contribution in [0.4, 0.5) is 0 Å². The lowest BCUT2D eigenvalue weighted by Crippen LogP contribution is -2.06. The van der Waals surface area contributed by atoms with Crippen LogP contribution in [0.2, 0.25) is 0 Å². The van der Waals surface area contributed by atoms with Crippen LogP contribution in [0, 0.1) is 0 Å². The highest BCUT2D eigenvalue weighted by Crippen LogP contribution is 2.12. The number of allylic oxidation sites excluding steroid dienone is 1. The molecule has 0 heterocycles. The van der Waals surface area contributed by atoms with Crippen molar-refractivity contribution >= 4 is 0 Å². The Morgan fingerprint density at radius 2 is 1.62 bits per heavy atom. The topological polar surface area (TPSA) is 12.0 Å². The number of nitrogens with one attached hydrogen (secondary N) is 1. The second-order valence-corrected chi connectivity index (χ2v) is 4.81. The first-order valence-electron chi connectivity index (χ1n) is 7.11. The van der Waals surface area contributed by atoms with E-state index in [-0.39, 0.29) is 0 Å². The van der Waals surface area contributed by atoms with E-state index in [1.807, 2.05) is 7.05 Å². The Bertz CT molecular complexity index is 161. The lowest BCUT2D eigenvalue weighted by molar-refractivity contribution is 0.588. The largest absolute Gasteiger partial charge is 0.319 e. The van der Waals surface area contributed by atoms with Crippen LogP contribution in [0.3, 0.4) is 0 Å². The summed E-state index contributed by atoms with van der Waals surface area (Å²) >= 11 is 0. The van der Waals surface area contributed by atoms with Crippen LogP contribution < -0.4 is 5.32 Å². The van der Waals surface area contributed by atoms with E-state index in [2.05, 4.69) is 25.2 Å². The molecule has 0 saturated carbocycles. The molecule has 0 bridgehead atoms. The summed E-state index contributed by atoms with van der Waals surface area (Å²) in [7, 11) is 2.01. The van der Waals surface area contributed by atoms with E-state index in [0.717, 1.165) is 6.54 Å². The van der Waals surface area contributed by atoms with Crippen LogP contribution in [0.1, 0.15) is 71.6 Å². The van der Waals surface area contributed by atoms with Gasteiger partial charge in [-0.05, 0) is 39.8 Å². The van der Waals surface area contributed by atoms with E-state index in [1.54, 1.807) is 5.57 Å². The molecule has 0 radical (unpaired) electrons. The fourth-order valence-corrected chi connectivity index (χ4v) is 1.93. The van der Waals surface area contributed by atoms with Gasteiger partial charge in [-0.2, -0.15) is 0 Å². The Kier molecular flexibility index (Phi) is 12.5. The molecule has 0 aromatic heterocycles. The van der Waals surface area contributed by atoms with Gasteiger partial charge in [0.15, 0.2) is 0 Å². The monoisotopic (exact) mass is 225 g/mol. The molecule has 0 amide bonds. The zero-order valence-electron chi connectivity index (χ0n) is 11.6. The molecular weight excluding hydrogens is 194 g/mol. The van der Waals surface area contributed by atoms with Crippen LogP contribution in [-0.4, -0.2) is 13.6 Å². The molecule has 0 aromatic rings. The number of hydrogen-bond donors (Lipinski definition) is 1. The van der Waals surface area contributed by atoms with E-state index in [0.29, 0.717) is 0 Å². The number of hydrogen-bond acceptors (Lipinski definition) is 1. The van der Waals surface area contributed by atoms with Gasteiger partial charge in [-0.3, -0.25) is 0 Å². The van der Waals surface area contributed by atoms with Crippen LogP contribution in [0.15, 0.2) is 11.6 Å². The van der Waals surface area contributed by atoms with Crippen LogP contribution in [-0.2, 0) is 0 Å². The standard InChI is InChI=1S/C15H31N/c1-4-5-6-7-8-9-10-12-15(2)13-11-14-16-3/h13,16H,4-12,14H2,1-3H3. The Labute approximate surface area is 103 Å². The molecule has 0 aliphatic rings. The van der Waals surface area contributed by atoms with Crippen LogP contribution in [0.25, 0.3) is 0 Å². The molecule has 1 heteroatoms. The molecule has 0 rings (SSSR count). The highest BCUT2D eigenvalue weighted by atomic mass is 14.8. The van der Waals surface area contributed by atoms with E-state index < -0.39 is 0 Å². The van der Waals surface area contributed by atoms with Crippen molar-refractivity contribution in [3.8, 4) is 0 Å². The van der Waals surface area contributed by atoms with Crippen molar-refractivity contribution < 1.29 is 0 Å². The zero-order chi connectivity index (χ0) is 12.1. The van der Waals surface area contributed by atoms with Gasteiger partial charge in [0.05, 0.1) is 0 Å². The Morgan fingerprint density at radius 3 is 2.25 bits per heavy atom. The molecule has 0 spiro atoms. The van der Waals surface area contributed by atoms with Gasteiger partial charge < -0.3 is 5.32 Å². The summed E-state index contributed by atoms with van der Waals surface area (Å²) in [6, 6.07) is 0. The van der Waals surface area contributed by atoms with Gasteiger partial charge in [0.2, 0.25) is 0 Å². The van der Waals surface area contributed by atoms with Crippen molar-refractivity contribution in [2.45, 2.75) is 71.6 Å². The average molecular weight is 225 g/mol. The molecule has 0 aliphatic heterocycles. The molecule has 0 unspecified atom stereocenters. The predicted octanol–water partition coefficient (Wildman–Crippen LogP) is 4.68. The maximum absolute atomic E-state index is 3.17. The molecule has 0 fully saturated rings. The second kappa shape index (κ2) is 12.8. The molecule has 96 valence electrons. The summed E-state index contributed by atoms with van der Waals surface area (Å²) in [5.74, 6) is 0. The maximum atomic E-state index is 3.17. The van der Waals surface area contributed by atoms with Crippen LogP contribution in [0.5, 0.6) is 0 Å². The number of unbranched alkanes of at least 4 members (excludes halogenated alkanes) is 6.